The lowest BCUT2D eigenvalue weighted by Gasteiger charge is -2.34. The highest BCUT2D eigenvalue weighted by molar-refractivity contribution is 4.78. The molecule has 1 N–H and O–H groups in total. The predicted molar refractivity (Wildman–Crippen MR) is 72.3 cm³/mol. The Morgan fingerprint density at radius 1 is 1.33 bits per heavy atom. The first-order valence-electron chi connectivity index (χ1n) is 7.06. The zero-order valence-electron chi connectivity index (χ0n) is 11.3. The van der Waals surface area contributed by atoms with E-state index in [9.17, 15) is 0 Å². The van der Waals surface area contributed by atoms with Crippen LogP contribution in [0.25, 0.3) is 0 Å². The van der Waals surface area contributed by atoms with Crippen molar-refractivity contribution >= 4 is 0 Å². The molecule has 0 amide bonds. The van der Waals surface area contributed by atoms with Crippen molar-refractivity contribution < 1.29 is 5.11 Å². The Morgan fingerprint density at radius 2 is 2.11 bits per heavy atom. The third kappa shape index (κ3) is 3.82. The smallest absolute Gasteiger partial charge is 0.0945 e. The van der Waals surface area contributed by atoms with Crippen molar-refractivity contribution in [3.8, 4) is 0 Å². The fourth-order valence-electron chi connectivity index (χ4n) is 2.87. The van der Waals surface area contributed by atoms with Gasteiger partial charge in [0.2, 0.25) is 0 Å². The van der Waals surface area contributed by atoms with Gasteiger partial charge in [0.15, 0.2) is 0 Å². The lowest BCUT2D eigenvalue weighted by molar-refractivity contribution is 0.126. The molecule has 0 aromatic carbocycles. The highest BCUT2D eigenvalue weighted by Crippen LogP contribution is 2.26. The summed E-state index contributed by atoms with van der Waals surface area (Å²) in [4.78, 5) is 6.54. The second kappa shape index (κ2) is 6.90. The van der Waals surface area contributed by atoms with Crippen molar-refractivity contribution in [2.75, 3.05) is 20.2 Å². The van der Waals surface area contributed by atoms with Gasteiger partial charge in [0.25, 0.3) is 0 Å². The SMILES string of the molecule is CN(CCCn1ccnc1)C1CCC(CO)CC1. The van der Waals surface area contributed by atoms with E-state index in [1.807, 2.05) is 18.7 Å². The van der Waals surface area contributed by atoms with E-state index in [0.717, 1.165) is 19.1 Å². The van der Waals surface area contributed by atoms with Gasteiger partial charge < -0.3 is 14.6 Å². The highest BCUT2D eigenvalue weighted by atomic mass is 16.3. The first-order chi connectivity index (χ1) is 8.79. The second-order valence-electron chi connectivity index (χ2n) is 5.49. The number of aromatic nitrogens is 2. The van der Waals surface area contributed by atoms with Gasteiger partial charge in [-0.1, -0.05) is 0 Å². The van der Waals surface area contributed by atoms with Crippen LogP contribution in [-0.4, -0.2) is 45.8 Å². The minimum atomic E-state index is 0.372. The monoisotopic (exact) mass is 251 g/mol. The first kappa shape index (κ1) is 13.6. The predicted octanol–water partition coefficient (Wildman–Crippen LogP) is 1.76. The van der Waals surface area contributed by atoms with E-state index in [1.165, 1.54) is 32.1 Å². The van der Waals surface area contributed by atoms with Crippen molar-refractivity contribution in [1.82, 2.24) is 14.5 Å². The van der Waals surface area contributed by atoms with Gasteiger partial charge in [0.05, 0.1) is 6.33 Å². The Labute approximate surface area is 110 Å². The summed E-state index contributed by atoms with van der Waals surface area (Å²) in [6.07, 6.45) is 11.8. The third-order valence-corrected chi connectivity index (χ3v) is 4.18. The molecule has 0 bridgehead atoms. The fourth-order valence-corrected chi connectivity index (χ4v) is 2.87. The normalized spacial score (nSPS) is 24.6. The molecule has 4 nitrogen and oxygen atoms in total. The molecule has 1 aliphatic rings. The Kier molecular flexibility index (Phi) is 5.20. The standard InChI is InChI=1S/C14H25N3O/c1-16(8-2-9-17-10-7-15-12-17)14-5-3-13(11-18)4-6-14/h7,10,12-14,18H,2-6,8-9,11H2,1H3. The summed E-state index contributed by atoms with van der Waals surface area (Å²) in [6, 6.07) is 0.718. The number of hydrogen-bond donors (Lipinski definition) is 1. The summed E-state index contributed by atoms with van der Waals surface area (Å²) in [5, 5.41) is 9.14. The Hall–Kier alpha value is -0.870. The summed E-state index contributed by atoms with van der Waals surface area (Å²) in [7, 11) is 2.23. The molecule has 18 heavy (non-hydrogen) atoms. The van der Waals surface area contributed by atoms with E-state index in [0.29, 0.717) is 12.5 Å². The molecule has 0 atom stereocenters. The molecule has 2 rings (SSSR count). The number of aliphatic hydroxyl groups is 1. The summed E-state index contributed by atoms with van der Waals surface area (Å²) < 4.78 is 2.14. The Bertz CT molecular complexity index is 318. The van der Waals surface area contributed by atoms with Gasteiger partial charge in [-0.25, -0.2) is 4.98 Å². The molecule has 0 spiro atoms. The molecule has 1 saturated carbocycles. The summed E-state index contributed by atoms with van der Waals surface area (Å²) in [5.74, 6) is 0.556. The average molecular weight is 251 g/mol. The Morgan fingerprint density at radius 3 is 2.72 bits per heavy atom. The van der Waals surface area contributed by atoms with Crippen molar-refractivity contribution in [3.63, 3.8) is 0 Å². The fraction of sp³-hybridized carbons (Fsp3) is 0.786. The minimum Gasteiger partial charge on any atom is -0.396 e. The number of imidazole rings is 1. The number of rotatable bonds is 6. The van der Waals surface area contributed by atoms with Crippen LogP contribution in [-0.2, 0) is 6.54 Å². The van der Waals surface area contributed by atoms with Crippen LogP contribution in [0.2, 0.25) is 0 Å². The number of nitrogens with zero attached hydrogens (tertiary/aromatic N) is 3. The number of aryl methyl sites for hydroxylation is 1. The van der Waals surface area contributed by atoms with Crippen LogP contribution < -0.4 is 0 Å². The van der Waals surface area contributed by atoms with E-state index in [-0.39, 0.29) is 0 Å². The van der Waals surface area contributed by atoms with E-state index in [1.54, 1.807) is 0 Å². The maximum atomic E-state index is 9.14. The first-order valence-corrected chi connectivity index (χ1v) is 7.06. The van der Waals surface area contributed by atoms with Crippen molar-refractivity contribution in [2.24, 2.45) is 5.92 Å². The van der Waals surface area contributed by atoms with Crippen LogP contribution in [0, 0.1) is 5.92 Å². The van der Waals surface area contributed by atoms with Gasteiger partial charge in [-0.2, -0.15) is 0 Å². The minimum absolute atomic E-state index is 0.372. The molecule has 4 heteroatoms. The lowest BCUT2D eigenvalue weighted by Crippen LogP contribution is -2.36. The van der Waals surface area contributed by atoms with Gasteiger partial charge >= 0.3 is 0 Å². The van der Waals surface area contributed by atoms with Crippen LogP contribution in [0.3, 0.4) is 0 Å². The molecule has 0 radical (unpaired) electrons. The number of hydrogen-bond acceptors (Lipinski definition) is 3. The quantitative estimate of drug-likeness (QED) is 0.837. The topological polar surface area (TPSA) is 41.3 Å². The average Bonchev–Trinajstić information content (AvgIpc) is 2.92. The highest BCUT2D eigenvalue weighted by Gasteiger charge is 2.22. The molecule has 1 aromatic rings. The molecule has 1 fully saturated rings. The Balaban J connectivity index is 1.64. The van der Waals surface area contributed by atoms with Crippen molar-refractivity contribution in [3.05, 3.63) is 18.7 Å². The lowest BCUT2D eigenvalue weighted by atomic mass is 9.86. The summed E-state index contributed by atoms with van der Waals surface area (Å²) in [6.45, 7) is 2.57. The maximum absolute atomic E-state index is 9.14. The second-order valence-corrected chi connectivity index (χ2v) is 5.49. The van der Waals surface area contributed by atoms with Crippen molar-refractivity contribution in [2.45, 2.75) is 44.7 Å². The van der Waals surface area contributed by atoms with Crippen LogP contribution in [0.1, 0.15) is 32.1 Å². The van der Waals surface area contributed by atoms with Gasteiger partial charge in [-0.05, 0) is 51.6 Å². The van der Waals surface area contributed by atoms with Crippen LogP contribution >= 0.6 is 0 Å². The van der Waals surface area contributed by atoms with E-state index in [2.05, 4.69) is 21.5 Å². The van der Waals surface area contributed by atoms with Crippen molar-refractivity contribution in [1.29, 1.82) is 0 Å². The zero-order chi connectivity index (χ0) is 12.8. The zero-order valence-corrected chi connectivity index (χ0v) is 11.3. The van der Waals surface area contributed by atoms with E-state index in [4.69, 9.17) is 5.11 Å². The van der Waals surface area contributed by atoms with Gasteiger partial charge in [-0.3, -0.25) is 0 Å². The molecule has 0 unspecified atom stereocenters. The summed E-state index contributed by atoms with van der Waals surface area (Å²) in [5.41, 5.74) is 0. The summed E-state index contributed by atoms with van der Waals surface area (Å²) >= 11 is 0. The molecule has 0 saturated heterocycles. The van der Waals surface area contributed by atoms with Crippen LogP contribution in [0.4, 0.5) is 0 Å². The van der Waals surface area contributed by atoms with Crippen LogP contribution in [0.5, 0.6) is 0 Å². The largest absolute Gasteiger partial charge is 0.396 e. The molecule has 1 aromatic heterocycles. The maximum Gasteiger partial charge on any atom is 0.0945 e. The molecule has 1 aliphatic carbocycles. The molecule has 0 aliphatic heterocycles. The molecule has 1 heterocycles. The molecular weight excluding hydrogens is 226 g/mol. The molecule has 102 valence electrons. The number of aliphatic hydroxyl groups excluding tert-OH is 1. The van der Waals surface area contributed by atoms with Gasteiger partial charge in [-0.15, -0.1) is 0 Å². The van der Waals surface area contributed by atoms with Gasteiger partial charge in [0.1, 0.15) is 0 Å². The van der Waals surface area contributed by atoms with E-state index >= 15 is 0 Å². The van der Waals surface area contributed by atoms with E-state index < -0.39 is 0 Å². The molecular formula is C14H25N3O. The van der Waals surface area contributed by atoms with Crippen LogP contribution in [0.15, 0.2) is 18.7 Å². The van der Waals surface area contributed by atoms with Gasteiger partial charge in [0, 0.05) is 31.6 Å². The third-order valence-electron chi connectivity index (χ3n) is 4.18.